The zero-order valence-corrected chi connectivity index (χ0v) is 46.2. The lowest BCUT2D eigenvalue weighted by Gasteiger charge is -2.34. The molecule has 23 heteroatoms. The number of hydrogen-bond acceptors (Lipinski definition) is 19. The van der Waals surface area contributed by atoms with Crippen molar-refractivity contribution in [2.75, 3.05) is 26.3 Å². The molecule has 4 aromatic carbocycles. The maximum absolute atomic E-state index is 14.7. The van der Waals surface area contributed by atoms with Crippen molar-refractivity contribution in [3.05, 3.63) is 140 Å². The van der Waals surface area contributed by atoms with Gasteiger partial charge in [0.25, 0.3) is 23.2 Å². The lowest BCUT2D eigenvalue weighted by Crippen LogP contribution is -2.51. The minimum atomic E-state index is -1.65. The Kier molecular flexibility index (Phi) is 21.2. The summed E-state index contributed by atoms with van der Waals surface area (Å²) in [5.74, 6) is -7.55. The van der Waals surface area contributed by atoms with E-state index < -0.39 is 131 Å². The third-order valence-electron chi connectivity index (χ3n) is 10.4. The van der Waals surface area contributed by atoms with Crippen LogP contribution in [-0.4, -0.2) is 128 Å². The standard InChI is InChI=1S/C56H66N4O19/c1-53(2,3)76-45(61)33-43(51(67)78-55(7,8)9)57(47(63)37-15-13-17-41(31-37)74-49(65)35-19-23-39(24-20-35)59(69)70)27-29-73-30-28-58(44(52(68)79-56(10,11)12)34-46(62)77-54(4,5)6)48(64)38-16-14-18-42(32-38)75-50(66)36-21-25-40(26-22-36)60(71)72/h13-26,31-32,43-44H,27-30,33-34H2,1-12H3/t43-,44-/m0/s1. The van der Waals surface area contributed by atoms with Gasteiger partial charge in [-0.15, -0.1) is 0 Å². The lowest BCUT2D eigenvalue weighted by atomic mass is 10.1. The molecule has 0 N–H and O–H groups in total. The van der Waals surface area contributed by atoms with E-state index >= 15 is 0 Å². The van der Waals surface area contributed by atoms with Crippen molar-refractivity contribution in [2.24, 2.45) is 0 Å². The third-order valence-corrected chi connectivity index (χ3v) is 10.4. The molecule has 0 radical (unpaired) electrons. The number of carbonyl (C=O) groups excluding carboxylic acids is 8. The van der Waals surface area contributed by atoms with Crippen molar-refractivity contribution in [3.63, 3.8) is 0 Å². The molecule has 0 saturated heterocycles. The SMILES string of the molecule is CC(C)(C)OC(=O)C[C@@H](C(=O)OC(C)(C)C)N(CCOCCN(C(=O)c1cccc(OC(=O)c2ccc([N+](=O)[O-])cc2)c1)[C@@H](CC(=O)OC(C)(C)C)C(=O)OC(C)(C)C)C(=O)c1cccc(OC(=O)c2ccc([N+](=O)[O-])cc2)c1. The fraction of sp³-hybridized carbons (Fsp3) is 0.429. The predicted molar refractivity (Wildman–Crippen MR) is 282 cm³/mol. The molecule has 424 valence electrons. The van der Waals surface area contributed by atoms with Crippen molar-refractivity contribution >= 4 is 59.0 Å². The second kappa shape index (κ2) is 26.6. The zero-order valence-electron chi connectivity index (χ0n) is 46.2. The number of nitro benzene ring substituents is 2. The van der Waals surface area contributed by atoms with Crippen LogP contribution >= 0.6 is 0 Å². The van der Waals surface area contributed by atoms with E-state index in [9.17, 15) is 58.6 Å². The van der Waals surface area contributed by atoms with Crippen molar-refractivity contribution in [1.82, 2.24) is 9.80 Å². The van der Waals surface area contributed by atoms with Gasteiger partial charge in [0.1, 0.15) is 46.0 Å². The highest BCUT2D eigenvalue weighted by atomic mass is 16.6. The second-order valence-electron chi connectivity index (χ2n) is 21.7. The Hall–Kier alpha value is -8.60. The van der Waals surface area contributed by atoms with Gasteiger partial charge in [-0.2, -0.15) is 0 Å². The summed E-state index contributed by atoms with van der Waals surface area (Å²) in [6.07, 6.45) is -1.39. The van der Waals surface area contributed by atoms with Crippen LogP contribution in [0.5, 0.6) is 11.5 Å². The number of esters is 6. The molecule has 4 rings (SSSR count). The highest BCUT2D eigenvalue weighted by Crippen LogP contribution is 2.25. The summed E-state index contributed by atoms with van der Waals surface area (Å²) >= 11 is 0. The molecule has 2 atom stereocenters. The van der Waals surface area contributed by atoms with Gasteiger partial charge in [-0.3, -0.25) is 39.4 Å². The molecule has 0 heterocycles. The highest BCUT2D eigenvalue weighted by molar-refractivity contribution is 6.00. The van der Waals surface area contributed by atoms with E-state index in [0.29, 0.717) is 0 Å². The molecular weight excluding hydrogens is 1030 g/mol. The largest absolute Gasteiger partial charge is 0.460 e. The minimum Gasteiger partial charge on any atom is -0.460 e. The van der Waals surface area contributed by atoms with E-state index in [0.717, 1.165) is 34.1 Å². The first-order chi connectivity index (χ1) is 36.6. The van der Waals surface area contributed by atoms with E-state index in [-0.39, 0.29) is 45.1 Å². The van der Waals surface area contributed by atoms with Gasteiger partial charge in [-0.05, 0) is 144 Å². The monoisotopic (exact) mass is 1100 g/mol. The number of ether oxygens (including phenoxy) is 7. The summed E-state index contributed by atoms with van der Waals surface area (Å²) in [7, 11) is 0. The number of nitro groups is 2. The molecule has 0 bridgehead atoms. The molecule has 4 aromatic rings. The van der Waals surface area contributed by atoms with Gasteiger partial charge in [-0.25, -0.2) is 19.2 Å². The first kappa shape index (κ1) is 62.9. The van der Waals surface area contributed by atoms with E-state index in [1.165, 1.54) is 72.8 Å². The third kappa shape index (κ3) is 20.7. The second-order valence-corrected chi connectivity index (χ2v) is 21.7. The quantitative estimate of drug-likeness (QED) is 0.0178. The first-order valence-electron chi connectivity index (χ1n) is 24.8. The molecule has 79 heavy (non-hydrogen) atoms. The summed E-state index contributed by atoms with van der Waals surface area (Å²) in [6.45, 7) is 17.4. The molecule has 0 fully saturated rings. The smallest absolute Gasteiger partial charge is 0.343 e. The summed E-state index contributed by atoms with van der Waals surface area (Å²) in [4.78, 5) is 134. The van der Waals surface area contributed by atoms with Crippen molar-refractivity contribution < 1.29 is 81.4 Å². The highest BCUT2D eigenvalue weighted by Gasteiger charge is 2.39. The lowest BCUT2D eigenvalue weighted by molar-refractivity contribution is -0.385. The van der Waals surface area contributed by atoms with Crippen LogP contribution < -0.4 is 9.47 Å². The van der Waals surface area contributed by atoms with E-state index in [1.807, 2.05) is 0 Å². The Morgan fingerprint density at radius 1 is 0.456 bits per heavy atom. The van der Waals surface area contributed by atoms with Crippen LogP contribution in [0.2, 0.25) is 0 Å². The van der Waals surface area contributed by atoms with Crippen molar-refractivity contribution in [2.45, 2.75) is 130 Å². The first-order valence-corrected chi connectivity index (χ1v) is 24.8. The van der Waals surface area contributed by atoms with Gasteiger partial charge in [0.2, 0.25) is 0 Å². The Labute approximate surface area is 456 Å². The van der Waals surface area contributed by atoms with Gasteiger partial charge >= 0.3 is 35.8 Å². The average molecular weight is 1100 g/mol. The topological polar surface area (TPSA) is 294 Å². The van der Waals surface area contributed by atoms with Crippen LogP contribution in [-0.2, 0) is 42.9 Å². The van der Waals surface area contributed by atoms with Crippen LogP contribution in [0.25, 0.3) is 0 Å². The van der Waals surface area contributed by atoms with Crippen LogP contribution in [0.3, 0.4) is 0 Å². The average Bonchev–Trinajstić information content (AvgIpc) is 3.35. The van der Waals surface area contributed by atoms with Gasteiger partial charge in [-0.1, -0.05) is 12.1 Å². The van der Waals surface area contributed by atoms with Crippen molar-refractivity contribution in [3.8, 4) is 11.5 Å². The molecule has 2 amide bonds. The Bertz CT molecular complexity index is 2700. The van der Waals surface area contributed by atoms with E-state index in [2.05, 4.69) is 0 Å². The van der Waals surface area contributed by atoms with Gasteiger partial charge < -0.3 is 43.0 Å². The van der Waals surface area contributed by atoms with E-state index in [1.54, 1.807) is 83.1 Å². The predicted octanol–water partition coefficient (Wildman–Crippen LogP) is 8.43. The summed E-state index contributed by atoms with van der Waals surface area (Å²) < 4.78 is 39.6. The number of benzene rings is 4. The number of non-ortho nitro benzene ring substituents is 2. The van der Waals surface area contributed by atoms with Gasteiger partial charge in [0.15, 0.2) is 0 Å². The molecule has 0 aliphatic rings. The molecule has 0 unspecified atom stereocenters. The molecule has 0 aliphatic carbocycles. The van der Waals surface area contributed by atoms with Gasteiger partial charge in [0, 0.05) is 48.5 Å². The van der Waals surface area contributed by atoms with E-state index in [4.69, 9.17) is 33.2 Å². The van der Waals surface area contributed by atoms with Crippen molar-refractivity contribution in [1.29, 1.82) is 0 Å². The number of hydrogen-bond donors (Lipinski definition) is 0. The molecule has 23 nitrogen and oxygen atoms in total. The normalized spacial score (nSPS) is 12.4. The number of carbonyl (C=O) groups is 8. The molecule has 0 saturated carbocycles. The van der Waals surface area contributed by atoms with Crippen LogP contribution in [0.1, 0.15) is 137 Å². The molecule has 0 aromatic heterocycles. The number of nitrogens with zero attached hydrogens (tertiary/aromatic N) is 4. The fourth-order valence-corrected chi connectivity index (χ4v) is 7.18. The maximum atomic E-state index is 14.7. The number of amides is 2. The Morgan fingerprint density at radius 3 is 1.06 bits per heavy atom. The molecule has 0 aliphatic heterocycles. The molecular formula is C56H66N4O19. The number of rotatable bonds is 22. The van der Waals surface area contributed by atoms with Crippen LogP contribution in [0, 0.1) is 20.2 Å². The Balaban J connectivity index is 1.72. The fourth-order valence-electron chi connectivity index (χ4n) is 7.18. The summed E-state index contributed by atoms with van der Waals surface area (Å²) in [5, 5.41) is 22.3. The maximum Gasteiger partial charge on any atom is 0.343 e. The minimum absolute atomic E-state index is 0.0400. The van der Waals surface area contributed by atoms with Crippen LogP contribution in [0.15, 0.2) is 97.1 Å². The summed E-state index contributed by atoms with van der Waals surface area (Å²) in [5.41, 5.74) is -5.13. The molecule has 0 spiro atoms. The summed E-state index contributed by atoms with van der Waals surface area (Å²) in [6, 6.07) is 16.6. The zero-order chi connectivity index (χ0) is 59.2. The Morgan fingerprint density at radius 2 is 0.772 bits per heavy atom. The van der Waals surface area contributed by atoms with Crippen LogP contribution in [0.4, 0.5) is 11.4 Å². The van der Waals surface area contributed by atoms with Gasteiger partial charge in [0.05, 0.1) is 47.0 Å².